The van der Waals surface area contributed by atoms with Crippen molar-refractivity contribution >= 4 is 5.82 Å². The van der Waals surface area contributed by atoms with Gasteiger partial charge in [-0.25, -0.2) is 4.98 Å². The number of rotatable bonds is 2. The van der Waals surface area contributed by atoms with Crippen molar-refractivity contribution < 1.29 is 0 Å². The van der Waals surface area contributed by atoms with Crippen LogP contribution in [0.4, 0.5) is 5.82 Å². The molecular weight excluding hydrogens is 222 g/mol. The summed E-state index contributed by atoms with van der Waals surface area (Å²) in [6.45, 7) is 8.88. The SMILES string of the molecule is CN(C)C1CCN(c2ccc(C(C)(C)C)cn2)C1. The fourth-order valence-electron chi connectivity index (χ4n) is 2.39. The van der Waals surface area contributed by atoms with Crippen molar-refractivity contribution in [2.45, 2.75) is 38.6 Å². The van der Waals surface area contributed by atoms with E-state index in [0.29, 0.717) is 6.04 Å². The topological polar surface area (TPSA) is 19.4 Å². The molecule has 2 rings (SSSR count). The Kier molecular flexibility index (Phi) is 3.62. The van der Waals surface area contributed by atoms with Crippen molar-refractivity contribution in [3.05, 3.63) is 23.9 Å². The van der Waals surface area contributed by atoms with E-state index >= 15 is 0 Å². The Balaban J connectivity index is 2.07. The highest BCUT2D eigenvalue weighted by atomic mass is 15.3. The number of pyridine rings is 1. The van der Waals surface area contributed by atoms with Gasteiger partial charge in [-0.15, -0.1) is 0 Å². The van der Waals surface area contributed by atoms with Gasteiger partial charge in [0.05, 0.1) is 0 Å². The fourth-order valence-corrected chi connectivity index (χ4v) is 2.39. The van der Waals surface area contributed by atoms with Crippen LogP contribution in [0.2, 0.25) is 0 Å². The van der Waals surface area contributed by atoms with E-state index in [1.165, 1.54) is 12.0 Å². The minimum Gasteiger partial charge on any atom is -0.355 e. The molecule has 3 nitrogen and oxygen atoms in total. The van der Waals surface area contributed by atoms with Gasteiger partial charge in [-0.1, -0.05) is 26.8 Å². The average molecular weight is 247 g/mol. The van der Waals surface area contributed by atoms with Crippen LogP contribution in [-0.4, -0.2) is 43.1 Å². The Morgan fingerprint density at radius 2 is 2.00 bits per heavy atom. The molecule has 1 fully saturated rings. The lowest BCUT2D eigenvalue weighted by atomic mass is 9.88. The lowest BCUT2D eigenvalue weighted by molar-refractivity contribution is 0.315. The molecule has 1 unspecified atom stereocenters. The van der Waals surface area contributed by atoms with E-state index in [9.17, 15) is 0 Å². The van der Waals surface area contributed by atoms with Gasteiger partial charge >= 0.3 is 0 Å². The summed E-state index contributed by atoms with van der Waals surface area (Å²) < 4.78 is 0. The zero-order valence-corrected chi connectivity index (χ0v) is 12.3. The first-order chi connectivity index (χ1) is 8.38. The molecule has 2 heterocycles. The van der Waals surface area contributed by atoms with Gasteiger partial charge < -0.3 is 9.80 Å². The van der Waals surface area contributed by atoms with Gasteiger partial charge in [-0.3, -0.25) is 0 Å². The Hall–Kier alpha value is -1.09. The summed E-state index contributed by atoms with van der Waals surface area (Å²) in [5.41, 5.74) is 1.48. The van der Waals surface area contributed by atoms with Gasteiger partial charge in [0.15, 0.2) is 0 Å². The highest BCUT2D eigenvalue weighted by Crippen LogP contribution is 2.25. The Morgan fingerprint density at radius 1 is 1.28 bits per heavy atom. The molecule has 18 heavy (non-hydrogen) atoms. The minimum absolute atomic E-state index is 0.183. The zero-order valence-electron chi connectivity index (χ0n) is 12.3. The highest BCUT2D eigenvalue weighted by Gasteiger charge is 2.25. The molecule has 1 aliphatic rings. The first kappa shape index (κ1) is 13.3. The van der Waals surface area contributed by atoms with Crippen molar-refractivity contribution in [3.63, 3.8) is 0 Å². The van der Waals surface area contributed by atoms with E-state index in [2.05, 4.69) is 61.8 Å². The third-order valence-corrected chi connectivity index (χ3v) is 3.83. The molecule has 1 aromatic heterocycles. The molecule has 3 heteroatoms. The predicted octanol–water partition coefficient (Wildman–Crippen LogP) is 2.52. The lowest BCUT2D eigenvalue weighted by Gasteiger charge is -2.23. The van der Waals surface area contributed by atoms with Gasteiger partial charge in [0.25, 0.3) is 0 Å². The normalized spacial score (nSPS) is 20.8. The number of aromatic nitrogens is 1. The lowest BCUT2D eigenvalue weighted by Crippen LogP contribution is -2.31. The second-order valence-electron chi connectivity index (χ2n) is 6.51. The molecule has 0 saturated carbocycles. The van der Waals surface area contributed by atoms with Crippen LogP contribution >= 0.6 is 0 Å². The van der Waals surface area contributed by atoms with E-state index in [-0.39, 0.29) is 5.41 Å². The largest absolute Gasteiger partial charge is 0.355 e. The van der Waals surface area contributed by atoms with Crippen LogP contribution in [0.5, 0.6) is 0 Å². The van der Waals surface area contributed by atoms with Crippen LogP contribution in [0.1, 0.15) is 32.8 Å². The molecule has 0 aliphatic carbocycles. The third-order valence-electron chi connectivity index (χ3n) is 3.83. The summed E-state index contributed by atoms with van der Waals surface area (Å²) in [4.78, 5) is 9.32. The zero-order chi connectivity index (χ0) is 13.3. The molecule has 0 aromatic carbocycles. The van der Waals surface area contributed by atoms with Gasteiger partial charge in [0.2, 0.25) is 0 Å². The number of hydrogen-bond acceptors (Lipinski definition) is 3. The number of likely N-dealkylation sites (N-methyl/N-ethyl adjacent to an activating group) is 1. The second kappa shape index (κ2) is 4.88. The molecule has 0 amide bonds. The Labute approximate surface area is 111 Å². The summed E-state index contributed by atoms with van der Waals surface area (Å²) >= 11 is 0. The molecule has 100 valence electrons. The quantitative estimate of drug-likeness (QED) is 0.800. The second-order valence-corrected chi connectivity index (χ2v) is 6.51. The van der Waals surface area contributed by atoms with Crippen molar-refractivity contribution in [2.75, 3.05) is 32.1 Å². The van der Waals surface area contributed by atoms with Crippen molar-refractivity contribution in [1.29, 1.82) is 0 Å². The van der Waals surface area contributed by atoms with Crippen LogP contribution in [0.25, 0.3) is 0 Å². The maximum atomic E-state index is 4.63. The highest BCUT2D eigenvalue weighted by molar-refractivity contribution is 5.42. The van der Waals surface area contributed by atoms with E-state index < -0.39 is 0 Å². The van der Waals surface area contributed by atoms with Crippen LogP contribution < -0.4 is 4.90 Å². The van der Waals surface area contributed by atoms with Crippen LogP contribution in [0.15, 0.2) is 18.3 Å². The van der Waals surface area contributed by atoms with Crippen LogP contribution in [0, 0.1) is 0 Å². The van der Waals surface area contributed by atoms with Crippen LogP contribution in [0.3, 0.4) is 0 Å². The van der Waals surface area contributed by atoms with Gasteiger partial charge in [0, 0.05) is 25.3 Å². The first-order valence-electron chi connectivity index (χ1n) is 6.76. The minimum atomic E-state index is 0.183. The van der Waals surface area contributed by atoms with E-state index in [1.807, 2.05) is 6.20 Å². The number of nitrogens with zero attached hydrogens (tertiary/aromatic N) is 3. The predicted molar refractivity (Wildman–Crippen MR) is 77.2 cm³/mol. The molecule has 0 bridgehead atoms. The van der Waals surface area contributed by atoms with Crippen molar-refractivity contribution in [3.8, 4) is 0 Å². The average Bonchev–Trinajstić information content (AvgIpc) is 2.77. The molecule has 1 aliphatic heterocycles. The number of hydrogen-bond donors (Lipinski definition) is 0. The maximum Gasteiger partial charge on any atom is 0.128 e. The summed E-state index contributed by atoms with van der Waals surface area (Å²) in [5.74, 6) is 1.12. The van der Waals surface area contributed by atoms with Gasteiger partial charge in [0.1, 0.15) is 5.82 Å². The summed E-state index contributed by atoms with van der Waals surface area (Å²) in [6, 6.07) is 5.04. The molecular formula is C15H25N3. The van der Waals surface area contributed by atoms with E-state index in [4.69, 9.17) is 0 Å². The molecule has 1 saturated heterocycles. The van der Waals surface area contributed by atoms with E-state index in [1.54, 1.807) is 0 Å². The number of anilines is 1. The van der Waals surface area contributed by atoms with Crippen molar-refractivity contribution in [2.24, 2.45) is 0 Å². The summed E-state index contributed by atoms with van der Waals surface area (Å²) in [5, 5.41) is 0. The summed E-state index contributed by atoms with van der Waals surface area (Å²) in [7, 11) is 4.31. The van der Waals surface area contributed by atoms with Gasteiger partial charge in [-0.05, 0) is 37.6 Å². The monoisotopic (exact) mass is 247 g/mol. The van der Waals surface area contributed by atoms with Gasteiger partial charge in [-0.2, -0.15) is 0 Å². The first-order valence-corrected chi connectivity index (χ1v) is 6.76. The fraction of sp³-hybridized carbons (Fsp3) is 0.667. The smallest absolute Gasteiger partial charge is 0.128 e. The molecule has 0 radical (unpaired) electrons. The summed E-state index contributed by atoms with van der Waals surface area (Å²) in [6.07, 6.45) is 3.26. The molecule has 0 spiro atoms. The van der Waals surface area contributed by atoms with Crippen LogP contribution in [-0.2, 0) is 5.41 Å². The molecule has 0 N–H and O–H groups in total. The van der Waals surface area contributed by atoms with Crippen molar-refractivity contribution in [1.82, 2.24) is 9.88 Å². The Bertz CT molecular complexity index is 389. The standard InChI is InChI=1S/C15H25N3/c1-15(2,3)12-6-7-14(16-10-12)18-9-8-13(11-18)17(4)5/h6-7,10,13H,8-9,11H2,1-5H3. The Morgan fingerprint density at radius 3 is 2.44 bits per heavy atom. The molecule has 1 aromatic rings. The maximum absolute atomic E-state index is 4.63. The molecule has 1 atom stereocenters. The van der Waals surface area contributed by atoms with E-state index in [0.717, 1.165) is 18.9 Å². The third kappa shape index (κ3) is 2.83.